The van der Waals surface area contributed by atoms with Crippen LogP contribution in [0.3, 0.4) is 0 Å². The molecule has 9 nitrogen and oxygen atoms in total. The van der Waals surface area contributed by atoms with Crippen molar-refractivity contribution in [2.24, 2.45) is 10.2 Å². The van der Waals surface area contributed by atoms with Gasteiger partial charge in [0.2, 0.25) is 0 Å². The quantitative estimate of drug-likeness (QED) is 0.289. The van der Waals surface area contributed by atoms with Gasteiger partial charge < -0.3 is 14.8 Å². The van der Waals surface area contributed by atoms with Crippen molar-refractivity contribution in [3.05, 3.63) is 70.6 Å². The maximum absolute atomic E-state index is 12.2. The van der Waals surface area contributed by atoms with Crippen LogP contribution < -0.4 is 15.4 Å². The van der Waals surface area contributed by atoms with E-state index in [4.69, 9.17) is 4.74 Å². The average Bonchev–Trinajstić information content (AvgIpc) is 3.13. The molecule has 2 aromatic rings. The highest BCUT2D eigenvalue weighted by Gasteiger charge is 2.25. The van der Waals surface area contributed by atoms with Crippen LogP contribution in [0.4, 0.5) is 5.69 Å². The molecule has 1 aliphatic heterocycles. The molecule has 0 aliphatic carbocycles. The average molecular weight is 452 g/mol. The molecule has 1 heterocycles. The van der Waals surface area contributed by atoms with Crippen LogP contribution in [0.1, 0.15) is 11.1 Å². The smallest absolute Gasteiger partial charge is 0.331 e. The molecule has 2 amide bonds. The lowest BCUT2D eigenvalue weighted by Gasteiger charge is -2.10. The zero-order valence-corrected chi connectivity index (χ0v) is 18.1. The Balaban J connectivity index is 1.61. The Morgan fingerprint density at radius 2 is 1.91 bits per heavy atom. The minimum Gasteiger partial charge on any atom is -0.483 e. The van der Waals surface area contributed by atoms with E-state index >= 15 is 0 Å². The molecule has 0 bridgehead atoms. The molecule has 10 heteroatoms. The highest BCUT2D eigenvalue weighted by atomic mass is 32.2. The molecule has 1 aliphatic rings. The lowest BCUT2D eigenvalue weighted by Crippen LogP contribution is -2.21. The largest absolute Gasteiger partial charge is 0.483 e. The third-order valence-electron chi connectivity index (χ3n) is 4.14. The highest BCUT2D eigenvalue weighted by molar-refractivity contribution is 8.18. The Labute approximate surface area is 188 Å². The van der Waals surface area contributed by atoms with Crippen molar-refractivity contribution >= 4 is 46.6 Å². The van der Waals surface area contributed by atoms with E-state index in [1.807, 2.05) is 31.2 Å². The second-order valence-electron chi connectivity index (χ2n) is 6.43. The van der Waals surface area contributed by atoms with Gasteiger partial charge in [0, 0.05) is 17.3 Å². The summed E-state index contributed by atoms with van der Waals surface area (Å²) in [4.78, 5) is 35.5. The summed E-state index contributed by atoms with van der Waals surface area (Å²) in [7, 11) is 1.22. The number of aryl methyl sites for hydroxylation is 1. The van der Waals surface area contributed by atoms with E-state index in [0.29, 0.717) is 11.3 Å². The topological polar surface area (TPSA) is 118 Å². The molecule has 3 rings (SSSR count). The summed E-state index contributed by atoms with van der Waals surface area (Å²) in [5.74, 6) is -0.935. The van der Waals surface area contributed by atoms with Crippen LogP contribution in [0.25, 0.3) is 0 Å². The monoisotopic (exact) mass is 452 g/mol. The summed E-state index contributed by atoms with van der Waals surface area (Å²) in [5, 5.41) is 13.4. The van der Waals surface area contributed by atoms with Gasteiger partial charge in [-0.3, -0.25) is 14.9 Å². The van der Waals surface area contributed by atoms with Crippen LogP contribution in [-0.2, 0) is 19.1 Å². The number of carbonyl (C=O) groups is 3. The van der Waals surface area contributed by atoms with Crippen molar-refractivity contribution in [1.29, 1.82) is 0 Å². The minimum atomic E-state index is -0.634. The molecule has 2 N–H and O–H groups in total. The maximum atomic E-state index is 12.2. The number of hydrogen-bond donors (Lipinski definition) is 2. The van der Waals surface area contributed by atoms with Crippen molar-refractivity contribution in [3.63, 3.8) is 0 Å². The SMILES string of the molecule is COC(=O)/C=C1/S/C(=N\N=Cc2ccccc2OCC(=O)Nc2ccccc2C)NC1=O. The van der Waals surface area contributed by atoms with Crippen molar-refractivity contribution in [1.82, 2.24) is 5.32 Å². The van der Waals surface area contributed by atoms with Crippen molar-refractivity contribution < 1.29 is 23.9 Å². The van der Waals surface area contributed by atoms with Gasteiger partial charge in [0.25, 0.3) is 11.8 Å². The number of nitrogens with zero attached hydrogens (tertiary/aromatic N) is 2. The number of anilines is 1. The molecule has 164 valence electrons. The number of nitrogens with one attached hydrogen (secondary N) is 2. The van der Waals surface area contributed by atoms with Gasteiger partial charge in [0.05, 0.1) is 18.2 Å². The Hall–Kier alpha value is -3.92. The Morgan fingerprint density at radius 1 is 1.16 bits per heavy atom. The van der Waals surface area contributed by atoms with E-state index < -0.39 is 11.9 Å². The fraction of sp³-hybridized carbons (Fsp3) is 0.136. The lowest BCUT2D eigenvalue weighted by molar-refractivity contribution is -0.135. The van der Waals surface area contributed by atoms with Crippen molar-refractivity contribution in [2.75, 3.05) is 19.0 Å². The number of esters is 1. The minimum absolute atomic E-state index is 0.161. The van der Waals surface area contributed by atoms with Crippen molar-refractivity contribution in [2.45, 2.75) is 6.92 Å². The first kappa shape index (κ1) is 22.8. The molecule has 32 heavy (non-hydrogen) atoms. The van der Waals surface area contributed by atoms with Crippen LogP contribution in [-0.4, -0.2) is 42.9 Å². The van der Waals surface area contributed by atoms with Gasteiger partial charge in [-0.25, -0.2) is 4.79 Å². The summed E-state index contributed by atoms with van der Waals surface area (Å²) in [6.07, 6.45) is 2.52. The number of methoxy groups -OCH3 is 1. The number of hydrogen-bond acceptors (Lipinski definition) is 8. The van der Waals surface area contributed by atoms with Crippen LogP contribution in [0.2, 0.25) is 0 Å². The Bertz CT molecular complexity index is 1130. The molecule has 2 aromatic carbocycles. The van der Waals surface area contributed by atoms with Gasteiger partial charge >= 0.3 is 5.97 Å². The number of thioether (sulfide) groups is 1. The molecule has 0 atom stereocenters. The summed E-state index contributed by atoms with van der Waals surface area (Å²) >= 11 is 0.970. The molecule has 1 fully saturated rings. The predicted octanol–water partition coefficient (Wildman–Crippen LogP) is 2.62. The molecular formula is C22H20N4O5S. The van der Waals surface area contributed by atoms with Gasteiger partial charge in [0.1, 0.15) is 5.75 Å². The number of benzene rings is 2. The van der Waals surface area contributed by atoms with Gasteiger partial charge in [-0.2, -0.15) is 5.10 Å². The first-order chi connectivity index (χ1) is 15.5. The summed E-state index contributed by atoms with van der Waals surface area (Å²) in [5.41, 5.74) is 2.28. The van der Waals surface area contributed by atoms with E-state index in [-0.39, 0.29) is 22.6 Å². The fourth-order valence-corrected chi connectivity index (χ4v) is 3.28. The van der Waals surface area contributed by atoms with E-state index in [1.165, 1.54) is 13.3 Å². The highest BCUT2D eigenvalue weighted by Crippen LogP contribution is 2.23. The molecule has 0 aromatic heterocycles. The van der Waals surface area contributed by atoms with Gasteiger partial charge in [-0.1, -0.05) is 30.3 Å². The first-order valence-electron chi connectivity index (χ1n) is 9.43. The number of amidine groups is 1. The van der Waals surface area contributed by atoms with E-state index in [9.17, 15) is 14.4 Å². The molecular weight excluding hydrogens is 432 g/mol. The second-order valence-corrected chi connectivity index (χ2v) is 7.46. The van der Waals surface area contributed by atoms with Crippen molar-refractivity contribution in [3.8, 4) is 5.75 Å². The summed E-state index contributed by atoms with van der Waals surface area (Å²) in [6, 6.07) is 14.5. The van der Waals surface area contributed by atoms with Crippen LogP contribution in [0.5, 0.6) is 5.75 Å². The van der Waals surface area contributed by atoms with E-state index in [1.54, 1.807) is 24.3 Å². The third kappa shape index (κ3) is 6.29. The molecule has 0 radical (unpaired) electrons. The standard InChI is InChI=1S/C22H20N4O5S/c1-14-7-3-5-9-16(14)24-19(27)13-31-17-10-6-4-8-15(17)12-23-26-22-25-21(29)18(32-22)11-20(28)30-2/h3-12H,13H2,1-2H3,(H,24,27)(H,25,26,29)/b18-11+,23-12?. The van der Waals surface area contributed by atoms with Crippen LogP contribution >= 0.6 is 11.8 Å². The number of rotatable bonds is 7. The fourth-order valence-electron chi connectivity index (χ4n) is 2.55. The molecule has 1 saturated heterocycles. The van der Waals surface area contributed by atoms with Gasteiger partial charge in [-0.15, -0.1) is 5.10 Å². The third-order valence-corrected chi connectivity index (χ3v) is 5.04. The lowest BCUT2D eigenvalue weighted by atomic mass is 10.2. The maximum Gasteiger partial charge on any atom is 0.331 e. The van der Waals surface area contributed by atoms with Crippen LogP contribution in [0, 0.1) is 6.92 Å². The molecule has 0 spiro atoms. The normalized spacial score (nSPS) is 15.8. The number of para-hydroxylation sites is 2. The summed E-state index contributed by atoms with van der Waals surface area (Å²) < 4.78 is 10.1. The number of ether oxygens (including phenoxy) is 2. The molecule has 0 unspecified atom stereocenters. The second kappa shape index (κ2) is 10.9. The van der Waals surface area contributed by atoms with E-state index in [2.05, 4.69) is 25.6 Å². The van der Waals surface area contributed by atoms with Gasteiger partial charge in [-0.05, 0) is 42.4 Å². The zero-order chi connectivity index (χ0) is 22.9. The van der Waals surface area contributed by atoms with Gasteiger partial charge in [0.15, 0.2) is 11.8 Å². The van der Waals surface area contributed by atoms with E-state index in [0.717, 1.165) is 29.1 Å². The summed E-state index contributed by atoms with van der Waals surface area (Å²) in [6.45, 7) is 1.73. The Morgan fingerprint density at radius 3 is 2.69 bits per heavy atom. The number of amides is 2. The number of carbonyl (C=O) groups excluding carboxylic acids is 3. The zero-order valence-electron chi connectivity index (χ0n) is 17.3. The predicted molar refractivity (Wildman–Crippen MR) is 123 cm³/mol. The molecule has 0 saturated carbocycles. The van der Waals surface area contributed by atoms with Crippen LogP contribution in [0.15, 0.2) is 69.7 Å². The Kier molecular flexibility index (Phi) is 7.76. The first-order valence-corrected chi connectivity index (χ1v) is 10.2.